The third kappa shape index (κ3) is 4.33. The average molecular weight is 436 g/mol. The predicted molar refractivity (Wildman–Crippen MR) is 111 cm³/mol. The van der Waals surface area contributed by atoms with Gasteiger partial charge >= 0.3 is 5.97 Å². The van der Waals surface area contributed by atoms with Gasteiger partial charge in [-0.3, -0.25) is 9.59 Å². The van der Waals surface area contributed by atoms with Crippen LogP contribution in [0.15, 0.2) is 44.9 Å². The first-order valence-electron chi connectivity index (χ1n) is 9.79. The van der Waals surface area contributed by atoms with Crippen LogP contribution in [0.4, 0.5) is 5.69 Å². The first-order chi connectivity index (χ1) is 14.1. The van der Waals surface area contributed by atoms with E-state index in [0.717, 1.165) is 0 Å². The molecule has 1 amide bonds. The highest BCUT2D eigenvalue weighted by Gasteiger charge is 2.43. The number of hydrogen-bond donors (Lipinski definition) is 3. The normalized spacial score (nSPS) is 20.2. The van der Waals surface area contributed by atoms with Gasteiger partial charge in [-0.15, -0.1) is 4.40 Å². The first-order valence-corrected chi connectivity index (χ1v) is 11.2. The van der Waals surface area contributed by atoms with Crippen LogP contribution in [-0.2, 0) is 19.6 Å². The van der Waals surface area contributed by atoms with Crippen LogP contribution in [0.25, 0.3) is 0 Å². The number of aliphatic hydroxyl groups is 1. The molecule has 2 heterocycles. The Morgan fingerprint density at radius 1 is 1.30 bits per heavy atom. The maximum atomic E-state index is 13.1. The number of amides is 1. The summed E-state index contributed by atoms with van der Waals surface area (Å²) in [6.07, 6.45) is 1.11. The number of carboxylic acid groups (broad SMARTS) is 1. The number of nitrogens with one attached hydrogen (secondary N) is 1. The quantitative estimate of drug-likeness (QED) is 0.571. The number of sulfonamides is 1. The second-order valence-corrected chi connectivity index (χ2v) is 9.35. The van der Waals surface area contributed by atoms with Gasteiger partial charge in [-0.1, -0.05) is 26.0 Å². The molecule has 1 aromatic carbocycles. The number of aliphatic carboxylic acids is 1. The van der Waals surface area contributed by atoms with Crippen molar-refractivity contribution < 1.29 is 28.2 Å². The van der Waals surface area contributed by atoms with Gasteiger partial charge in [0.05, 0.1) is 11.7 Å². The lowest BCUT2D eigenvalue weighted by Gasteiger charge is -2.26. The van der Waals surface area contributed by atoms with Crippen molar-refractivity contribution in [2.45, 2.75) is 50.5 Å². The summed E-state index contributed by atoms with van der Waals surface area (Å²) >= 11 is 0. The smallest absolute Gasteiger partial charge is 0.303 e. The Bertz CT molecular complexity index is 1030. The number of nitrogens with zero attached hydrogens (tertiary/aromatic N) is 2. The molecule has 0 spiro atoms. The molecule has 10 heteroatoms. The van der Waals surface area contributed by atoms with Crippen LogP contribution in [-0.4, -0.2) is 53.8 Å². The number of anilines is 1. The number of carbonyl (C=O) groups excluding carboxylic acids is 1. The van der Waals surface area contributed by atoms with Crippen LogP contribution in [0.2, 0.25) is 0 Å². The summed E-state index contributed by atoms with van der Waals surface area (Å²) in [4.78, 5) is 25.5. The van der Waals surface area contributed by atoms with Gasteiger partial charge < -0.3 is 20.4 Å². The van der Waals surface area contributed by atoms with Crippen molar-refractivity contribution in [3.63, 3.8) is 0 Å². The maximum absolute atomic E-state index is 13.1. The maximum Gasteiger partial charge on any atom is 0.303 e. The Hall–Kier alpha value is -2.88. The highest BCUT2D eigenvalue weighted by Crippen LogP contribution is 2.34. The molecule has 30 heavy (non-hydrogen) atoms. The monoisotopic (exact) mass is 435 g/mol. The molecule has 0 unspecified atom stereocenters. The molecule has 1 atom stereocenters. The van der Waals surface area contributed by atoms with Crippen molar-refractivity contribution in [3.8, 4) is 0 Å². The van der Waals surface area contributed by atoms with Crippen LogP contribution in [0.1, 0.15) is 39.5 Å². The molecule has 0 saturated heterocycles. The molecule has 2 aliphatic rings. The van der Waals surface area contributed by atoms with Crippen molar-refractivity contribution in [2.24, 2.45) is 10.3 Å². The second kappa shape index (κ2) is 8.47. The van der Waals surface area contributed by atoms with E-state index in [-0.39, 0.29) is 47.0 Å². The third-order valence-corrected chi connectivity index (χ3v) is 6.44. The van der Waals surface area contributed by atoms with E-state index in [2.05, 4.69) is 9.71 Å². The van der Waals surface area contributed by atoms with E-state index in [9.17, 15) is 23.1 Å². The number of para-hydroxylation sites is 1. The third-order valence-electron chi connectivity index (χ3n) is 5.10. The average Bonchev–Trinajstić information content (AvgIpc) is 2.89. The van der Waals surface area contributed by atoms with Gasteiger partial charge in [-0.2, -0.15) is 8.42 Å². The van der Waals surface area contributed by atoms with E-state index in [4.69, 9.17) is 5.11 Å². The zero-order valence-corrected chi connectivity index (χ0v) is 17.6. The Labute approximate surface area is 175 Å². The molecule has 0 radical (unpaired) electrons. The molecule has 2 aliphatic heterocycles. The number of amidine groups is 1. The standard InChI is InChI=1S/C20H25N3O6S/c1-12(2)10-11-23-14(7-5-9-16(24)25)18(26)17(20(23)27)19-21-13-6-3-4-8-15(13)30(28,29)22-19/h3-4,6,8,12,14,26H,5,7,9-11H2,1-2H3,(H,21,22)(H,24,25)/t14-/m0/s1. The summed E-state index contributed by atoms with van der Waals surface area (Å²) in [7, 11) is -4.03. The number of rotatable bonds is 8. The molecule has 1 aromatic rings. The number of hydrogen-bond acceptors (Lipinski definition) is 6. The summed E-state index contributed by atoms with van der Waals surface area (Å²) in [5, 5.41) is 22.6. The number of carboxylic acids is 1. The minimum Gasteiger partial charge on any atom is -0.509 e. The fourth-order valence-corrected chi connectivity index (χ4v) is 4.67. The Kier molecular flexibility index (Phi) is 6.16. The minimum atomic E-state index is -4.03. The van der Waals surface area contributed by atoms with Gasteiger partial charge in [0.2, 0.25) is 0 Å². The van der Waals surface area contributed by atoms with E-state index >= 15 is 0 Å². The fourth-order valence-electron chi connectivity index (χ4n) is 3.55. The Balaban J connectivity index is 1.96. The van der Waals surface area contributed by atoms with Gasteiger partial charge in [-0.05, 0) is 37.3 Å². The number of aliphatic hydroxyl groups excluding tert-OH is 1. The van der Waals surface area contributed by atoms with Gasteiger partial charge in [0.15, 0.2) is 5.84 Å². The van der Waals surface area contributed by atoms with Crippen LogP contribution in [0, 0.1) is 5.92 Å². The van der Waals surface area contributed by atoms with Crippen LogP contribution < -0.4 is 5.32 Å². The van der Waals surface area contributed by atoms with Crippen molar-refractivity contribution in [1.29, 1.82) is 0 Å². The van der Waals surface area contributed by atoms with Gasteiger partial charge in [0.1, 0.15) is 16.2 Å². The Morgan fingerprint density at radius 3 is 2.67 bits per heavy atom. The van der Waals surface area contributed by atoms with E-state index in [1.165, 1.54) is 11.0 Å². The second-order valence-electron chi connectivity index (χ2n) is 7.78. The van der Waals surface area contributed by atoms with Crippen molar-refractivity contribution in [3.05, 3.63) is 35.6 Å². The number of fused-ring (bicyclic) bond motifs is 1. The van der Waals surface area contributed by atoms with Crippen LogP contribution in [0.3, 0.4) is 0 Å². The summed E-state index contributed by atoms with van der Waals surface area (Å²) in [6.45, 7) is 4.37. The number of benzene rings is 1. The molecule has 0 aliphatic carbocycles. The fraction of sp³-hybridized carbons (Fsp3) is 0.450. The largest absolute Gasteiger partial charge is 0.509 e. The molecule has 0 aromatic heterocycles. The van der Waals surface area contributed by atoms with E-state index in [0.29, 0.717) is 18.9 Å². The lowest BCUT2D eigenvalue weighted by molar-refractivity contribution is -0.137. The molecule has 3 rings (SSSR count). The lowest BCUT2D eigenvalue weighted by Crippen LogP contribution is -2.38. The van der Waals surface area contributed by atoms with E-state index in [1.54, 1.807) is 18.2 Å². The SMILES string of the molecule is CC(C)CCN1C(=O)C(C2=NS(=O)(=O)c3ccccc3N2)=C(O)[C@@H]1CCCC(=O)O. The van der Waals surface area contributed by atoms with Gasteiger partial charge in [0, 0.05) is 13.0 Å². The molecular weight excluding hydrogens is 410 g/mol. The van der Waals surface area contributed by atoms with Crippen molar-refractivity contribution in [2.75, 3.05) is 11.9 Å². The molecule has 0 fully saturated rings. The zero-order chi connectivity index (χ0) is 22.1. The molecule has 0 saturated carbocycles. The predicted octanol–water partition coefficient (Wildman–Crippen LogP) is 2.52. The summed E-state index contributed by atoms with van der Waals surface area (Å²) in [5.41, 5.74) is 0.0933. The Morgan fingerprint density at radius 2 is 2.00 bits per heavy atom. The van der Waals surface area contributed by atoms with Gasteiger partial charge in [0.25, 0.3) is 15.9 Å². The molecule has 0 bridgehead atoms. The number of carbonyl (C=O) groups is 2. The summed E-state index contributed by atoms with van der Waals surface area (Å²) in [6, 6.07) is 5.47. The highest BCUT2D eigenvalue weighted by atomic mass is 32.2. The molecule has 162 valence electrons. The lowest BCUT2D eigenvalue weighted by atomic mass is 10.1. The molecule has 3 N–H and O–H groups in total. The summed E-state index contributed by atoms with van der Waals surface area (Å²) < 4.78 is 28.8. The molecule has 9 nitrogen and oxygen atoms in total. The topological polar surface area (TPSA) is 136 Å². The van der Waals surface area contributed by atoms with Crippen LogP contribution >= 0.6 is 0 Å². The van der Waals surface area contributed by atoms with Gasteiger partial charge in [-0.25, -0.2) is 0 Å². The zero-order valence-electron chi connectivity index (χ0n) is 16.8. The van der Waals surface area contributed by atoms with Crippen molar-refractivity contribution >= 4 is 33.4 Å². The van der Waals surface area contributed by atoms with E-state index < -0.39 is 27.9 Å². The van der Waals surface area contributed by atoms with E-state index in [1.807, 2.05) is 13.8 Å². The molecular formula is C20H25N3O6S. The van der Waals surface area contributed by atoms with Crippen molar-refractivity contribution in [1.82, 2.24) is 4.90 Å². The minimum absolute atomic E-state index is 0.00559. The first kappa shape index (κ1) is 21.8. The van der Waals surface area contributed by atoms with Crippen LogP contribution in [0.5, 0.6) is 0 Å². The summed E-state index contributed by atoms with van der Waals surface area (Å²) in [5.74, 6) is -1.67. The highest BCUT2D eigenvalue weighted by molar-refractivity contribution is 7.90.